The van der Waals surface area contributed by atoms with E-state index in [2.05, 4.69) is 0 Å². The Labute approximate surface area is 115 Å². The maximum atomic E-state index is 11.4. The number of rotatable bonds is 4. The molecule has 2 rings (SSSR count). The molecule has 1 unspecified atom stereocenters. The van der Waals surface area contributed by atoms with Gasteiger partial charge in [-0.1, -0.05) is 11.6 Å². The molecule has 7 heteroatoms. The lowest BCUT2D eigenvalue weighted by molar-refractivity contribution is 0.0669. The summed E-state index contributed by atoms with van der Waals surface area (Å²) in [6.45, 7) is 1.02. The molecule has 18 heavy (non-hydrogen) atoms. The second-order valence-electron chi connectivity index (χ2n) is 3.97. The second-order valence-corrected chi connectivity index (χ2v) is 6.95. The van der Waals surface area contributed by atoms with E-state index in [0.717, 1.165) is 19.4 Å². The molecule has 1 saturated heterocycles. The Morgan fingerprint density at radius 1 is 1.44 bits per heavy atom. The zero-order valence-electron chi connectivity index (χ0n) is 9.43. The zero-order chi connectivity index (χ0) is 13.2. The summed E-state index contributed by atoms with van der Waals surface area (Å²) in [6, 6.07) is 4.32. The highest BCUT2D eigenvalue weighted by Crippen LogP contribution is 2.30. The van der Waals surface area contributed by atoms with Gasteiger partial charge in [-0.05, 0) is 31.0 Å². The van der Waals surface area contributed by atoms with E-state index in [1.165, 1.54) is 12.1 Å². The summed E-state index contributed by atoms with van der Waals surface area (Å²) in [4.78, 5) is -0.116. The van der Waals surface area contributed by atoms with Crippen LogP contribution in [0.25, 0.3) is 0 Å². The Balaban J connectivity index is 2.16. The molecule has 1 aliphatic heterocycles. The van der Waals surface area contributed by atoms with Crippen LogP contribution in [0.4, 0.5) is 0 Å². The first-order valence-electron chi connectivity index (χ1n) is 5.45. The van der Waals surface area contributed by atoms with Crippen molar-refractivity contribution < 1.29 is 17.9 Å². The zero-order valence-corrected chi connectivity index (χ0v) is 11.8. The van der Waals surface area contributed by atoms with E-state index in [-0.39, 0.29) is 16.7 Å². The monoisotopic (exact) mass is 310 g/mol. The van der Waals surface area contributed by atoms with Gasteiger partial charge in [0.15, 0.2) is 0 Å². The van der Waals surface area contributed by atoms with Crippen LogP contribution >= 0.6 is 22.3 Å². The van der Waals surface area contributed by atoms with Gasteiger partial charge in [0.05, 0.1) is 6.10 Å². The van der Waals surface area contributed by atoms with E-state index in [1.807, 2.05) is 0 Å². The fraction of sp³-hybridized carbons (Fsp3) is 0.455. The van der Waals surface area contributed by atoms with E-state index < -0.39 is 9.05 Å². The van der Waals surface area contributed by atoms with Crippen LogP contribution in [0.3, 0.4) is 0 Å². The molecule has 1 fully saturated rings. The van der Waals surface area contributed by atoms with Crippen LogP contribution in [0.15, 0.2) is 23.1 Å². The quantitative estimate of drug-likeness (QED) is 0.802. The molecule has 0 aliphatic carbocycles. The average molecular weight is 311 g/mol. The van der Waals surface area contributed by atoms with Gasteiger partial charge in [-0.25, -0.2) is 8.42 Å². The third kappa shape index (κ3) is 3.51. The standard InChI is InChI=1S/C11H12Cl2O4S/c12-8-3-4-10(11(6-8)18(13,14)15)17-7-9-2-1-5-16-9/h3-4,6,9H,1-2,5,7H2. The minimum Gasteiger partial charge on any atom is -0.489 e. The largest absolute Gasteiger partial charge is 0.489 e. The van der Waals surface area contributed by atoms with Gasteiger partial charge in [0.1, 0.15) is 17.3 Å². The highest BCUT2D eigenvalue weighted by Gasteiger charge is 2.20. The topological polar surface area (TPSA) is 52.6 Å². The molecule has 1 aromatic carbocycles. The highest BCUT2D eigenvalue weighted by atomic mass is 35.7. The minimum absolute atomic E-state index is 0.00607. The van der Waals surface area contributed by atoms with Crippen molar-refractivity contribution in [3.8, 4) is 5.75 Å². The van der Waals surface area contributed by atoms with Crippen molar-refractivity contribution in [3.05, 3.63) is 23.2 Å². The molecular formula is C11H12Cl2O4S. The SMILES string of the molecule is O=S(=O)(Cl)c1cc(Cl)ccc1OCC1CCCO1. The van der Waals surface area contributed by atoms with Crippen LogP contribution in [-0.4, -0.2) is 27.7 Å². The molecular weight excluding hydrogens is 299 g/mol. The summed E-state index contributed by atoms with van der Waals surface area (Å²) >= 11 is 5.75. The molecule has 0 spiro atoms. The van der Waals surface area contributed by atoms with E-state index >= 15 is 0 Å². The third-order valence-corrected chi connectivity index (χ3v) is 4.20. The van der Waals surface area contributed by atoms with Crippen LogP contribution in [0, 0.1) is 0 Å². The number of halogens is 2. The van der Waals surface area contributed by atoms with Gasteiger partial charge in [0.2, 0.25) is 0 Å². The molecule has 0 bridgehead atoms. The second kappa shape index (κ2) is 5.65. The van der Waals surface area contributed by atoms with Gasteiger partial charge in [0.25, 0.3) is 9.05 Å². The number of hydrogen-bond donors (Lipinski definition) is 0. The predicted molar refractivity (Wildman–Crippen MR) is 69.0 cm³/mol. The van der Waals surface area contributed by atoms with E-state index in [1.54, 1.807) is 6.07 Å². The first-order chi connectivity index (χ1) is 8.47. The predicted octanol–water partition coefficient (Wildman–Crippen LogP) is 2.83. The van der Waals surface area contributed by atoms with Gasteiger partial charge < -0.3 is 9.47 Å². The Hall–Kier alpha value is -0.490. The molecule has 4 nitrogen and oxygen atoms in total. The molecule has 0 aromatic heterocycles. The summed E-state index contributed by atoms with van der Waals surface area (Å²) in [7, 11) is 1.45. The maximum Gasteiger partial charge on any atom is 0.265 e. The Morgan fingerprint density at radius 3 is 2.83 bits per heavy atom. The Bertz CT molecular complexity index is 524. The fourth-order valence-electron chi connectivity index (χ4n) is 1.75. The molecule has 1 heterocycles. The van der Waals surface area contributed by atoms with Gasteiger partial charge in [-0.3, -0.25) is 0 Å². The average Bonchev–Trinajstić information content (AvgIpc) is 2.79. The third-order valence-electron chi connectivity index (χ3n) is 2.62. The van der Waals surface area contributed by atoms with E-state index in [0.29, 0.717) is 11.6 Å². The normalized spacial score (nSPS) is 20.0. The van der Waals surface area contributed by atoms with Crippen molar-refractivity contribution in [1.82, 2.24) is 0 Å². The lowest BCUT2D eigenvalue weighted by Gasteiger charge is -2.13. The van der Waals surface area contributed by atoms with Crippen LogP contribution in [0.5, 0.6) is 5.75 Å². The fourth-order valence-corrected chi connectivity index (χ4v) is 2.98. The lowest BCUT2D eigenvalue weighted by Crippen LogP contribution is -2.17. The first kappa shape index (κ1) is 13.9. The van der Waals surface area contributed by atoms with Crippen molar-refractivity contribution in [1.29, 1.82) is 0 Å². The van der Waals surface area contributed by atoms with Gasteiger partial charge in [0, 0.05) is 22.3 Å². The van der Waals surface area contributed by atoms with Gasteiger partial charge in [-0.15, -0.1) is 0 Å². The van der Waals surface area contributed by atoms with Gasteiger partial charge >= 0.3 is 0 Å². The molecule has 0 saturated carbocycles. The summed E-state index contributed by atoms with van der Waals surface area (Å²) < 4.78 is 33.6. The number of hydrogen-bond acceptors (Lipinski definition) is 4. The van der Waals surface area contributed by atoms with Crippen molar-refractivity contribution in [3.63, 3.8) is 0 Å². The van der Waals surface area contributed by atoms with Crippen molar-refractivity contribution in [2.75, 3.05) is 13.2 Å². The lowest BCUT2D eigenvalue weighted by atomic mass is 10.2. The van der Waals surface area contributed by atoms with Crippen LogP contribution < -0.4 is 4.74 Å². The summed E-state index contributed by atoms with van der Waals surface area (Å²) in [5, 5.41) is 0.290. The Morgan fingerprint density at radius 2 is 2.22 bits per heavy atom. The molecule has 0 amide bonds. The minimum atomic E-state index is -3.88. The molecule has 1 aliphatic rings. The highest BCUT2D eigenvalue weighted by molar-refractivity contribution is 8.13. The van der Waals surface area contributed by atoms with Gasteiger partial charge in [-0.2, -0.15) is 0 Å². The molecule has 0 radical (unpaired) electrons. The van der Waals surface area contributed by atoms with Crippen molar-refractivity contribution in [2.45, 2.75) is 23.8 Å². The molecule has 100 valence electrons. The van der Waals surface area contributed by atoms with Crippen LogP contribution in [0.1, 0.15) is 12.8 Å². The number of ether oxygens (including phenoxy) is 2. The first-order valence-corrected chi connectivity index (χ1v) is 8.14. The molecule has 0 N–H and O–H groups in total. The maximum absolute atomic E-state index is 11.4. The van der Waals surface area contributed by atoms with Crippen LogP contribution in [0.2, 0.25) is 5.02 Å². The van der Waals surface area contributed by atoms with Crippen molar-refractivity contribution in [2.24, 2.45) is 0 Å². The summed E-state index contributed by atoms with van der Waals surface area (Å²) in [5.41, 5.74) is 0. The van der Waals surface area contributed by atoms with Crippen LogP contribution in [-0.2, 0) is 13.8 Å². The van der Waals surface area contributed by atoms with E-state index in [9.17, 15) is 8.42 Å². The smallest absolute Gasteiger partial charge is 0.265 e. The summed E-state index contributed by atoms with van der Waals surface area (Å²) in [6.07, 6.45) is 1.91. The molecule has 1 aromatic rings. The van der Waals surface area contributed by atoms with Crippen molar-refractivity contribution >= 4 is 31.3 Å². The molecule has 1 atom stereocenters. The summed E-state index contributed by atoms with van der Waals surface area (Å²) in [5.74, 6) is 0.199. The van der Waals surface area contributed by atoms with E-state index in [4.69, 9.17) is 31.8 Å². The Kier molecular flexibility index (Phi) is 4.37. The number of benzene rings is 1.